The fourth-order valence-corrected chi connectivity index (χ4v) is 3.70. The van der Waals surface area contributed by atoms with Gasteiger partial charge in [0.25, 0.3) is 5.56 Å². The minimum Gasteiger partial charge on any atom is -0.324 e. The fraction of sp³-hybridized carbons (Fsp3) is 0.333. The summed E-state index contributed by atoms with van der Waals surface area (Å²) in [5, 5.41) is 6.85. The molecular formula is C18H20N4O3S. The van der Waals surface area contributed by atoms with Gasteiger partial charge in [0.2, 0.25) is 11.8 Å². The third kappa shape index (κ3) is 3.65. The van der Waals surface area contributed by atoms with E-state index < -0.39 is 5.56 Å². The smallest absolute Gasteiger partial charge is 0.292 e. The summed E-state index contributed by atoms with van der Waals surface area (Å²) in [6, 6.07) is 7.25. The Morgan fingerprint density at radius 3 is 2.81 bits per heavy atom. The molecular weight excluding hydrogens is 352 g/mol. The minimum absolute atomic E-state index is 0.114. The van der Waals surface area contributed by atoms with Gasteiger partial charge in [0.15, 0.2) is 0 Å². The van der Waals surface area contributed by atoms with Crippen LogP contribution in [0.1, 0.15) is 19.4 Å². The lowest BCUT2D eigenvalue weighted by Crippen LogP contribution is -2.45. The zero-order valence-corrected chi connectivity index (χ0v) is 15.7. The van der Waals surface area contributed by atoms with Gasteiger partial charge in [-0.1, -0.05) is 12.1 Å². The Labute approximate surface area is 155 Å². The highest BCUT2D eigenvalue weighted by Crippen LogP contribution is 2.32. The summed E-state index contributed by atoms with van der Waals surface area (Å²) in [6.45, 7) is 5.42. The quantitative estimate of drug-likeness (QED) is 0.888. The van der Waals surface area contributed by atoms with Crippen molar-refractivity contribution >= 4 is 35.0 Å². The van der Waals surface area contributed by atoms with E-state index in [1.165, 1.54) is 16.7 Å². The topological polar surface area (TPSA) is 84.3 Å². The molecule has 0 unspecified atom stereocenters. The van der Waals surface area contributed by atoms with Gasteiger partial charge in [0.1, 0.15) is 12.2 Å². The number of anilines is 2. The first-order valence-electron chi connectivity index (χ1n) is 8.28. The zero-order chi connectivity index (χ0) is 18.8. The number of amides is 2. The molecule has 2 aromatic rings. The van der Waals surface area contributed by atoms with Crippen LogP contribution in [0.2, 0.25) is 0 Å². The number of aryl methyl sites for hydroxylation is 1. The second kappa shape index (κ2) is 7.33. The van der Waals surface area contributed by atoms with E-state index >= 15 is 0 Å². The SMILES string of the molecule is Cc1cccc(NC(=O)Cn2ncc3c(c2=O)N(C(C)C)C(=O)CS3)c1. The molecule has 7 nitrogen and oxygen atoms in total. The first kappa shape index (κ1) is 18.2. The van der Waals surface area contributed by atoms with Crippen molar-refractivity contribution < 1.29 is 9.59 Å². The van der Waals surface area contributed by atoms with Crippen LogP contribution in [-0.2, 0) is 16.1 Å². The molecule has 0 bridgehead atoms. The van der Waals surface area contributed by atoms with Crippen molar-refractivity contribution in [3.8, 4) is 0 Å². The number of benzene rings is 1. The third-order valence-electron chi connectivity index (χ3n) is 3.96. The highest BCUT2D eigenvalue weighted by atomic mass is 32.2. The number of nitrogens with zero attached hydrogens (tertiary/aromatic N) is 3. The lowest BCUT2D eigenvalue weighted by Gasteiger charge is -2.31. The monoisotopic (exact) mass is 372 g/mol. The maximum atomic E-state index is 12.8. The summed E-state index contributed by atoms with van der Waals surface area (Å²) >= 11 is 1.30. The molecule has 2 amide bonds. The number of hydrogen-bond donors (Lipinski definition) is 1. The van der Waals surface area contributed by atoms with Crippen molar-refractivity contribution in [1.82, 2.24) is 9.78 Å². The normalized spacial score (nSPS) is 13.7. The average Bonchev–Trinajstić information content (AvgIpc) is 2.57. The minimum atomic E-state index is -0.434. The first-order chi connectivity index (χ1) is 12.4. The summed E-state index contributed by atoms with van der Waals surface area (Å²) < 4.78 is 1.10. The van der Waals surface area contributed by atoms with Gasteiger partial charge in [-0.25, -0.2) is 4.68 Å². The number of hydrogen-bond acceptors (Lipinski definition) is 5. The molecule has 8 heteroatoms. The molecule has 0 fully saturated rings. The predicted octanol–water partition coefficient (Wildman–Crippen LogP) is 2.04. The Hall–Kier alpha value is -2.61. The maximum absolute atomic E-state index is 12.8. The number of rotatable bonds is 4. The van der Waals surface area contributed by atoms with Crippen LogP contribution in [0, 0.1) is 6.92 Å². The number of carbonyl (C=O) groups is 2. The van der Waals surface area contributed by atoms with Crippen molar-refractivity contribution in [2.45, 2.75) is 38.3 Å². The van der Waals surface area contributed by atoms with E-state index in [4.69, 9.17) is 0 Å². The highest BCUT2D eigenvalue weighted by Gasteiger charge is 2.30. The number of thioether (sulfide) groups is 1. The van der Waals surface area contributed by atoms with Crippen molar-refractivity contribution in [2.24, 2.45) is 0 Å². The third-order valence-corrected chi connectivity index (χ3v) is 4.96. The summed E-state index contributed by atoms with van der Waals surface area (Å²) in [5.41, 5.74) is 1.56. The predicted molar refractivity (Wildman–Crippen MR) is 102 cm³/mol. The molecule has 0 radical (unpaired) electrons. The van der Waals surface area contributed by atoms with Crippen molar-refractivity contribution in [3.63, 3.8) is 0 Å². The second-order valence-corrected chi connectivity index (χ2v) is 7.40. The molecule has 3 rings (SSSR count). The fourth-order valence-electron chi connectivity index (χ4n) is 2.84. The largest absolute Gasteiger partial charge is 0.324 e. The number of aromatic nitrogens is 2. The number of nitrogens with one attached hydrogen (secondary N) is 1. The summed E-state index contributed by atoms with van der Waals surface area (Å²) in [7, 11) is 0. The van der Waals surface area contributed by atoms with E-state index in [9.17, 15) is 14.4 Å². The molecule has 0 atom stereocenters. The molecule has 0 saturated heterocycles. The van der Waals surface area contributed by atoms with Crippen LogP contribution in [0.4, 0.5) is 11.4 Å². The average molecular weight is 372 g/mol. The van der Waals surface area contributed by atoms with Gasteiger partial charge in [-0.15, -0.1) is 11.8 Å². The van der Waals surface area contributed by atoms with Gasteiger partial charge in [0.05, 0.1) is 16.8 Å². The van der Waals surface area contributed by atoms with Gasteiger partial charge in [0, 0.05) is 11.7 Å². The van der Waals surface area contributed by atoms with Gasteiger partial charge in [-0.3, -0.25) is 14.4 Å². The molecule has 1 aromatic heterocycles. The standard InChI is InChI=1S/C18H20N4O3S/c1-11(2)22-16(24)10-26-14-8-19-21(18(25)17(14)22)9-15(23)20-13-6-4-5-12(3)7-13/h4-8,11H,9-10H2,1-3H3,(H,20,23). The summed E-state index contributed by atoms with van der Waals surface area (Å²) in [6.07, 6.45) is 1.54. The Balaban J connectivity index is 1.87. The van der Waals surface area contributed by atoms with E-state index in [1.54, 1.807) is 12.3 Å². The van der Waals surface area contributed by atoms with Crippen LogP contribution in [-0.4, -0.2) is 33.4 Å². The molecule has 2 heterocycles. The van der Waals surface area contributed by atoms with Gasteiger partial charge >= 0.3 is 0 Å². The van der Waals surface area contributed by atoms with Crippen LogP contribution < -0.4 is 15.8 Å². The van der Waals surface area contributed by atoms with E-state index in [-0.39, 0.29) is 30.2 Å². The van der Waals surface area contributed by atoms with E-state index in [0.29, 0.717) is 16.3 Å². The molecule has 0 aliphatic carbocycles. The van der Waals surface area contributed by atoms with Crippen LogP contribution in [0.15, 0.2) is 40.2 Å². The molecule has 0 spiro atoms. The molecule has 0 saturated carbocycles. The lowest BCUT2D eigenvalue weighted by atomic mass is 10.2. The van der Waals surface area contributed by atoms with Gasteiger partial charge in [-0.05, 0) is 38.5 Å². The Morgan fingerprint density at radius 2 is 2.12 bits per heavy atom. The van der Waals surface area contributed by atoms with Crippen LogP contribution in [0.25, 0.3) is 0 Å². The lowest BCUT2D eigenvalue weighted by molar-refractivity contribution is -0.117. The highest BCUT2D eigenvalue weighted by molar-refractivity contribution is 8.00. The van der Waals surface area contributed by atoms with Crippen molar-refractivity contribution in [1.29, 1.82) is 0 Å². The Kier molecular flexibility index (Phi) is 5.13. The van der Waals surface area contributed by atoms with Gasteiger partial charge in [-0.2, -0.15) is 5.10 Å². The molecule has 136 valence electrons. The van der Waals surface area contributed by atoms with Crippen LogP contribution in [0.3, 0.4) is 0 Å². The van der Waals surface area contributed by atoms with E-state index in [1.807, 2.05) is 39.0 Å². The summed E-state index contributed by atoms with van der Waals surface area (Å²) in [5.74, 6) is -0.183. The maximum Gasteiger partial charge on any atom is 0.292 e. The molecule has 1 aliphatic rings. The Morgan fingerprint density at radius 1 is 1.35 bits per heavy atom. The number of carbonyl (C=O) groups excluding carboxylic acids is 2. The summed E-state index contributed by atoms with van der Waals surface area (Å²) in [4.78, 5) is 39.5. The Bertz CT molecular complexity index is 923. The first-order valence-corrected chi connectivity index (χ1v) is 9.27. The molecule has 1 aliphatic heterocycles. The second-order valence-electron chi connectivity index (χ2n) is 6.38. The zero-order valence-electron chi connectivity index (χ0n) is 14.9. The van der Waals surface area contributed by atoms with Gasteiger partial charge < -0.3 is 10.2 Å². The number of fused-ring (bicyclic) bond motifs is 1. The van der Waals surface area contributed by atoms with Crippen LogP contribution in [0.5, 0.6) is 0 Å². The molecule has 26 heavy (non-hydrogen) atoms. The van der Waals surface area contributed by atoms with Crippen LogP contribution >= 0.6 is 11.8 Å². The van der Waals surface area contributed by atoms with Crippen molar-refractivity contribution in [3.05, 3.63) is 46.4 Å². The molecule has 1 aromatic carbocycles. The van der Waals surface area contributed by atoms with E-state index in [2.05, 4.69) is 10.4 Å². The molecule has 1 N–H and O–H groups in total. The van der Waals surface area contributed by atoms with Crippen molar-refractivity contribution in [2.75, 3.05) is 16.0 Å². The van der Waals surface area contributed by atoms with E-state index in [0.717, 1.165) is 10.2 Å².